The zero-order valence-electron chi connectivity index (χ0n) is 6.69. The van der Waals surface area contributed by atoms with Crippen molar-refractivity contribution < 1.29 is 9.52 Å². The van der Waals surface area contributed by atoms with Crippen molar-refractivity contribution in [3.05, 3.63) is 17.8 Å². The smallest absolute Gasteiger partial charge is 0.207 e. The van der Waals surface area contributed by atoms with E-state index < -0.39 is 0 Å². The summed E-state index contributed by atoms with van der Waals surface area (Å²) in [6.07, 6.45) is 4.00. The minimum absolute atomic E-state index is 0.0512. The number of aliphatic hydroxyl groups is 1. The predicted molar refractivity (Wildman–Crippen MR) is 46.9 cm³/mol. The monoisotopic (exact) mass is 185 g/mol. The molecule has 1 saturated heterocycles. The number of nitrogens with zero attached hydrogens (tertiary/aromatic N) is 1. The highest BCUT2D eigenvalue weighted by Crippen LogP contribution is 2.39. The van der Waals surface area contributed by atoms with Crippen molar-refractivity contribution in [2.45, 2.75) is 24.7 Å². The predicted octanol–water partition coefficient (Wildman–Crippen LogP) is 1.74. The summed E-state index contributed by atoms with van der Waals surface area (Å²) in [7, 11) is 0. The SMILES string of the molecule is OCc1cnc(C2CCCS2)o1. The molecule has 0 aliphatic carbocycles. The number of hydrogen-bond donors (Lipinski definition) is 1. The lowest BCUT2D eigenvalue weighted by atomic mass is 10.2. The van der Waals surface area contributed by atoms with E-state index >= 15 is 0 Å². The molecule has 66 valence electrons. The highest BCUT2D eigenvalue weighted by atomic mass is 32.2. The first-order chi connectivity index (χ1) is 5.90. The van der Waals surface area contributed by atoms with Gasteiger partial charge in [-0.25, -0.2) is 4.98 Å². The van der Waals surface area contributed by atoms with Crippen LogP contribution < -0.4 is 0 Å². The van der Waals surface area contributed by atoms with E-state index in [4.69, 9.17) is 9.52 Å². The molecule has 0 amide bonds. The molecule has 0 radical (unpaired) electrons. The Morgan fingerprint density at radius 3 is 3.25 bits per heavy atom. The third-order valence-electron chi connectivity index (χ3n) is 1.93. The third kappa shape index (κ3) is 1.49. The van der Waals surface area contributed by atoms with E-state index in [0.717, 1.165) is 12.3 Å². The fourth-order valence-electron chi connectivity index (χ4n) is 1.32. The average molecular weight is 185 g/mol. The molecule has 0 spiro atoms. The van der Waals surface area contributed by atoms with Gasteiger partial charge in [0.1, 0.15) is 12.4 Å². The van der Waals surface area contributed by atoms with Crippen LogP contribution in [0.15, 0.2) is 10.6 Å². The Morgan fingerprint density at radius 1 is 1.75 bits per heavy atom. The molecule has 1 aromatic rings. The standard InChI is InChI=1S/C8H11NO2S/c10-5-6-4-9-8(11-6)7-2-1-3-12-7/h4,7,10H,1-3,5H2. The number of aliphatic hydroxyl groups excluding tert-OH is 1. The van der Waals surface area contributed by atoms with Gasteiger partial charge in [0.2, 0.25) is 5.89 Å². The topological polar surface area (TPSA) is 46.3 Å². The summed E-state index contributed by atoms with van der Waals surface area (Å²) in [6.45, 7) is -0.0512. The number of hydrogen-bond acceptors (Lipinski definition) is 4. The second-order valence-electron chi connectivity index (χ2n) is 2.82. The maximum absolute atomic E-state index is 8.75. The first kappa shape index (κ1) is 8.13. The molecule has 3 nitrogen and oxygen atoms in total. The first-order valence-corrected chi connectivity index (χ1v) is 5.12. The van der Waals surface area contributed by atoms with E-state index in [1.165, 1.54) is 12.2 Å². The van der Waals surface area contributed by atoms with E-state index in [0.29, 0.717) is 11.0 Å². The van der Waals surface area contributed by atoms with Gasteiger partial charge in [-0.15, -0.1) is 11.8 Å². The van der Waals surface area contributed by atoms with E-state index in [9.17, 15) is 0 Å². The second kappa shape index (κ2) is 3.49. The van der Waals surface area contributed by atoms with Gasteiger partial charge in [0.15, 0.2) is 0 Å². The van der Waals surface area contributed by atoms with Crippen LogP contribution in [0.25, 0.3) is 0 Å². The molecule has 4 heteroatoms. The highest BCUT2D eigenvalue weighted by Gasteiger charge is 2.22. The van der Waals surface area contributed by atoms with Crippen molar-refractivity contribution >= 4 is 11.8 Å². The van der Waals surface area contributed by atoms with Crippen molar-refractivity contribution in [3.63, 3.8) is 0 Å². The lowest BCUT2D eigenvalue weighted by molar-refractivity contribution is 0.243. The molecule has 1 atom stereocenters. The van der Waals surface area contributed by atoms with Crippen molar-refractivity contribution in [2.24, 2.45) is 0 Å². The summed E-state index contributed by atoms with van der Waals surface area (Å²) < 4.78 is 5.33. The Labute approximate surface area is 75.2 Å². The molecule has 0 aromatic carbocycles. The summed E-state index contributed by atoms with van der Waals surface area (Å²) >= 11 is 1.88. The molecule has 0 bridgehead atoms. The number of thioether (sulfide) groups is 1. The van der Waals surface area contributed by atoms with Gasteiger partial charge < -0.3 is 9.52 Å². The second-order valence-corrected chi connectivity index (χ2v) is 4.14. The molecule has 1 aromatic heterocycles. The van der Waals surface area contributed by atoms with Crippen molar-refractivity contribution in [3.8, 4) is 0 Å². The van der Waals surface area contributed by atoms with Crippen LogP contribution >= 0.6 is 11.8 Å². The third-order valence-corrected chi connectivity index (χ3v) is 3.30. The molecule has 1 aliphatic rings. The van der Waals surface area contributed by atoms with E-state index in [2.05, 4.69) is 4.98 Å². The number of rotatable bonds is 2. The van der Waals surface area contributed by atoms with E-state index in [-0.39, 0.29) is 6.61 Å². The number of oxazole rings is 1. The van der Waals surface area contributed by atoms with Gasteiger partial charge in [0.05, 0.1) is 11.4 Å². The van der Waals surface area contributed by atoms with Gasteiger partial charge in [-0.05, 0) is 18.6 Å². The van der Waals surface area contributed by atoms with Crippen LogP contribution in [0.5, 0.6) is 0 Å². The van der Waals surface area contributed by atoms with Crippen LogP contribution in [0.1, 0.15) is 29.7 Å². The molecule has 12 heavy (non-hydrogen) atoms. The Kier molecular flexibility index (Phi) is 2.37. The molecule has 1 unspecified atom stereocenters. The van der Waals surface area contributed by atoms with Crippen LogP contribution in [-0.2, 0) is 6.61 Å². The first-order valence-electron chi connectivity index (χ1n) is 4.07. The van der Waals surface area contributed by atoms with Gasteiger partial charge in [-0.1, -0.05) is 0 Å². The molecule has 0 saturated carbocycles. The van der Waals surface area contributed by atoms with Gasteiger partial charge in [-0.2, -0.15) is 0 Å². The maximum atomic E-state index is 8.75. The van der Waals surface area contributed by atoms with Gasteiger partial charge in [0.25, 0.3) is 0 Å². The molecular formula is C8H11NO2S. The minimum atomic E-state index is -0.0512. The minimum Gasteiger partial charge on any atom is -0.442 e. The van der Waals surface area contributed by atoms with E-state index in [1.54, 1.807) is 6.20 Å². The summed E-state index contributed by atoms with van der Waals surface area (Å²) in [5.74, 6) is 2.54. The van der Waals surface area contributed by atoms with E-state index in [1.807, 2.05) is 11.8 Å². The van der Waals surface area contributed by atoms with Crippen molar-refractivity contribution in [1.82, 2.24) is 4.98 Å². The Morgan fingerprint density at radius 2 is 2.67 bits per heavy atom. The Bertz CT molecular complexity index is 255. The van der Waals surface area contributed by atoms with Crippen molar-refractivity contribution in [2.75, 3.05) is 5.75 Å². The van der Waals surface area contributed by atoms with Crippen LogP contribution in [-0.4, -0.2) is 15.8 Å². The molecule has 1 fully saturated rings. The summed E-state index contributed by atoms with van der Waals surface area (Å²) in [6, 6.07) is 0. The molecule has 2 rings (SSSR count). The zero-order chi connectivity index (χ0) is 8.39. The molecule has 1 aliphatic heterocycles. The summed E-state index contributed by atoms with van der Waals surface area (Å²) in [5, 5.41) is 9.17. The lowest BCUT2D eigenvalue weighted by Gasteiger charge is -2.00. The highest BCUT2D eigenvalue weighted by molar-refractivity contribution is 7.99. The van der Waals surface area contributed by atoms with Crippen LogP contribution in [0.4, 0.5) is 0 Å². The zero-order valence-corrected chi connectivity index (χ0v) is 7.51. The van der Waals surface area contributed by atoms with Gasteiger partial charge in [-0.3, -0.25) is 0 Å². The van der Waals surface area contributed by atoms with Crippen molar-refractivity contribution in [1.29, 1.82) is 0 Å². The Hall–Kier alpha value is -0.480. The maximum Gasteiger partial charge on any atom is 0.207 e. The van der Waals surface area contributed by atoms with Gasteiger partial charge >= 0.3 is 0 Å². The Balaban J connectivity index is 2.11. The van der Waals surface area contributed by atoms with Crippen LogP contribution in [0.3, 0.4) is 0 Å². The van der Waals surface area contributed by atoms with Gasteiger partial charge in [0, 0.05) is 0 Å². The normalized spacial score (nSPS) is 23.2. The largest absolute Gasteiger partial charge is 0.442 e. The molecule has 2 heterocycles. The molecule has 1 N–H and O–H groups in total. The lowest BCUT2D eigenvalue weighted by Crippen LogP contribution is -1.86. The van der Waals surface area contributed by atoms with Crippen LogP contribution in [0, 0.1) is 0 Å². The fraction of sp³-hybridized carbons (Fsp3) is 0.625. The number of aromatic nitrogens is 1. The van der Waals surface area contributed by atoms with Crippen LogP contribution in [0.2, 0.25) is 0 Å². The summed E-state index contributed by atoms with van der Waals surface area (Å²) in [4.78, 5) is 4.12. The fourth-order valence-corrected chi connectivity index (χ4v) is 2.52. The average Bonchev–Trinajstić information content (AvgIpc) is 2.75. The summed E-state index contributed by atoms with van der Waals surface area (Å²) in [5.41, 5.74) is 0. The molecular weight excluding hydrogens is 174 g/mol. The quantitative estimate of drug-likeness (QED) is 0.762.